The van der Waals surface area contributed by atoms with Crippen molar-refractivity contribution in [3.63, 3.8) is 0 Å². The molecule has 3 N–H and O–H groups in total. The molecule has 0 fully saturated rings. The smallest absolute Gasteiger partial charge is 0.155 e. The molecular weight excluding hydrogens is 148 g/mol. The van der Waals surface area contributed by atoms with Gasteiger partial charge >= 0.3 is 0 Å². The van der Waals surface area contributed by atoms with Crippen molar-refractivity contribution < 1.29 is 0 Å². The van der Waals surface area contributed by atoms with Gasteiger partial charge in [0.2, 0.25) is 0 Å². The van der Waals surface area contributed by atoms with Crippen LogP contribution >= 0.6 is 12.2 Å². The van der Waals surface area contributed by atoms with Crippen LogP contribution in [0.25, 0.3) is 0 Å². The van der Waals surface area contributed by atoms with Crippen LogP contribution in [-0.2, 0) is 0 Å². The van der Waals surface area contributed by atoms with Crippen molar-refractivity contribution in [2.24, 2.45) is 0 Å². The van der Waals surface area contributed by atoms with Crippen molar-refractivity contribution in [2.75, 3.05) is 12.0 Å². The molecular formula is C5H6N4S. The molecule has 1 aliphatic rings. The van der Waals surface area contributed by atoms with Gasteiger partial charge in [-0.3, -0.25) is 0 Å². The molecule has 0 saturated heterocycles. The molecule has 10 heavy (non-hydrogen) atoms. The summed E-state index contributed by atoms with van der Waals surface area (Å²) in [5.74, 6) is 0.837. The molecule has 2 rings (SSSR count). The number of hydrogen-bond acceptors (Lipinski definition) is 3. The van der Waals surface area contributed by atoms with Gasteiger partial charge in [0.1, 0.15) is 10.7 Å². The second kappa shape index (κ2) is 1.95. The average molecular weight is 154 g/mol. The van der Waals surface area contributed by atoms with Gasteiger partial charge in [-0.15, -0.1) is 0 Å². The summed E-state index contributed by atoms with van der Waals surface area (Å²) in [5, 5.41) is 6.01. The lowest BCUT2D eigenvalue weighted by molar-refractivity contribution is 0.960. The van der Waals surface area contributed by atoms with Crippen molar-refractivity contribution in [1.82, 2.24) is 15.3 Å². The molecule has 0 aromatic carbocycles. The van der Waals surface area contributed by atoms with E-state index >= 15 is 0 Å². The molecule has 0 saturated carbocycles. The van der Waals surface area contributed by atoms with Gasteiger partial charge in [-0.25, -0.2) is 4.98 Å². The number of imidazole rings is 1. The van der Waals surface area contributed by atoms with E-state index in [1.807, 2.05) is 0 Å². The number of anilines is 1. The Morgan fingerprint density at radius 1 is 1.50 bits per heavy atom. The first-order valence-electron chi connectivity index (χ1n) is 2.93. The number of fused-ring (bicyclic) bond motifs is 1. The monoisotopic (exact) mass is 154 g/mol. The van der Waals surface area contributed by atoms with Crippen LogP contribution in [-0.4, -0.2) is 21.6 Å². The summed E-state index contributed by atoms with van der Waals surface area (Å²) >= 11 is 4.99. The van der Waals surface area contributed by atoms with Crippen LogP contribution in [0.1, 0.15) is 5.69 Å². The number of aromatic nitrogens is 2. The molecule has 1 aliphatic heterocycles. The SMILES string of the molecule is S=C1NCNc2nc[nH]c21. The number of nitrogens with zero attached hydrogens (tertiary/aromatic N) is 1. The zero-order valence-corrected chi connectivity index (χ0v) is 5.96. The van der Waals surface area contributed by atoms with Crippen molar-refractivity contribution in [1.29, 1.82) is 0 Å². The van der Waals surface area contributed by atoms with Crippen LogP contribution in [0.2, 0.25) is 0 Å². The van der Waals surface area contributed by atoms with Crippen LogP contribution in [0.5, 0.6) is 0 Å². The Morgan fingerprint density at radius 3 is 3.20 bits per heavy atom. The van der Waals surface area contributed by atoms with Crippen LogP contribution < -0.4 is 10.6 Å². The Labute approximate surface area is 63.0 Å². The topological polar surface area (TPSA) is 52.7 Å². The highest BCUT2D eigenvalue weighted by molar-refractivity contribution is 7.80. The maximum absolute atomic E-state index is 4.99. The van der Waals surface area contributed by atoms with Gasteiger partial charge in [0.25, 0.3) is 0 Å². The normalized spacial score (nSPS) is 15.4. The Morgan fingerprint density at radius 2 is 2.40 bits per heavy atom. The Balaban J connectivity index is 2.50. The van der Waals surface area contributed by atoms with Crippen LogP contribution in [0.3, 0.4) is 0 Å². The maximum Gasteiger partial charge on any atom is 0.155 e. The molecule has 0 bridgehead atoms. The lowest BCUT2D eigenvalue weighted by atomic mass is 10.4. The summed E-state index contributed by atoms with van der Waals surface area (Å²) < 4.78 is 0. The summed E-state index contributed by atoms with van der Waals surface area (Å²) in [4.78, 5) is 7.67. The summed E-state index contributed by atoms with van der Waals surface area (Å²) in [6, 6.07) is 0. The van der Waals surface area contributed by atoms with E-state index in [4.69, 9.17) is 12.2 Å². The highest BCUT2D eigenvalue weighted by Gasteiger charge is 2.13. The fourth-order valence-electron chi connectivity index (χ4n) is 0.898. The Kier molecular flexibility index (Phi) is 1.10. The third-order valence-corrected chi connectivity index (χ3v) is 1.72. The molecule has 0 unspecified atom stereocenters. The summed E-state index contributed by atoms with van der Waals surface area (Å²) in [6.07, 6.45) is 1.62. The van der Waals surface area contributed by atoms with Gasteiger partial charge in [-0.05, 0) is 0 Å². The molecule has 1 aromatic heterocycles. The summed E-state index contributed by atoms with van der Waals surface area (Å²) in [5.41, 5.74) is 0.876. The van der Waals surface area contributed by atoms with Gasteiger partial charge in [0.15, 0.2) is 5.82 Å². The van der Waals surface area contributed by atoms with Crippen LogP contribution in [0.4, 0.5) is 5.82 Å². The van der Waals surface area contributed by atoms with E-state index < -0.39 is 0 Å². The largest absolute Gasteiger partial charge is 0.357 e. The second-order valence-corrected chi connectivity index (χ2v) is 2.39. The third-order valence-electron chi connectivity index (χ3n) is 1.37. The van der Waals surface area contributed by atoms with Gasteiger partial charge in [-0.1, -0.05) is 12.2 Å². The van der Waals surface area contributed by atoms with E-state index in [1.54, 1.807) is 6.33 Å². The minimum atomic E-state index is 0.663. The quantitative estimate of drug-likeness (QED) is 0.462. The highest BCUT2D eigenvalue weighted by atomic mass is 32.1. The molecule has 4 nitrogen and oxygen atoms in total. The molecule has 0 atom stereocenters. The molecule has 0 radical (unpaired) electrons. The number of H-pyrrole nitrogens is 1. The van der Waals surface area contributed by atoms with E-state index in [1.165, 1.54) is 0 Å². The fourth-order valence-corrected chi connectivity index (χ4v) is 1.13. The van der Waals surface area contributed by atoms with E-state index in [2.05, 4.69) is 20.6 Å². The third kappa shape index (κ3) is 0.672. The van der Waals surface area contributed by atoms with E-state index in [0.29, 0.717) is 6.67 Å². The zero-order valence-electron chi connectivity index (χ0n) is 5.14. The number of nitrogens with one attached hydrogen (secondary N) is 3. The van der Waals surface area contributed by atoms with Crippen LogP contribution in [0.15, 0.2) is 6.33 Å². The Hall–Kier alpha value is -1.10. The molecule has 5 heteroatoms. The minimum Gasteiger partial charge on any atom is -0.357 e. The molecule has 0 spiro atoms. The molecule has 52 valence electrons. The van der Waals surface area contributed by atoms with E-state index in [9.17, 15) is 0 Å². The van der Waals surface area contributed by atoms with Crippen molar-refractivity contribution in [2.45, 2.75) is 0 Å². The maximum atomic E-state index is 4.99. The van der Waals surface area contributed by atoms with Gasteiger partial charge in [0.05, 0.1) is 13.0 Å². The number of aromatic amines is 1. The predicted octanol–water partition coefficient (Wildman–Crippen LogP) is 0.0578. The molecule has 2 heterocycles. The lowest BCUT2D eigenvalue weighted by Crippen LogP contribution is -2.33. The average Bonchev–Trinajstić information content (AvgIpc) is 2.36. The molecule has 0 aliphatic carbocycles. The first kappa shape index (κ1) is 5.67. The predicted molar refractivity (Wildman–Crippen MR) is 41.9 cm³/mol. The summed E-state index contributed by atoms with van der Waals surface area (Å²) in [7, 11) is 0. The van der Waals surface area contributed by atoms with E-state index in [0.717, 1.165) is 16.5 Å². The second-order valence-electron chi connectivity index (χ2n) is 1.99. The van der Waals surface area contributed by atoms with Gasteiger partial charge in [0, 0.05) is 0 Å². The van der Waals surface area contributed by atoms with Crippen molar-refractivity contribution >= 4 is 23.0 Å². The van der Waals surface area contributed by atoms with Gasteiger partial charge in [-0.2, -0.15) is 0 Å². The van der Waals surface area contributed by atoms with Crippen molar-refractivity contribution in [3.8, 4) is 0 Å². The molecule has 1 aromatic rings. The lowest BCUT2D eigenvalue weighted by Gasteiger charge is -2.14. The summed E-state index contributed by atoms with van der Waals surface area (Å²) in [6.45, 7) is 0.663. The molecule has 0 amide bonds. The van der Waals surface area contributed by atoms with Gasteiger partial charge < -0.3 is 15.6 Å². The number of thiocarbonyl (C=S) groups is 1. The van der Waals surface area contributed by atoms with Crippen molar-refractivity contribution in [3.05, 3.63) is 12.0 Å². The Bertz CT molecular complexity index is 266. The number of rotatable bonds is 0. The first-order chi connectivity index (χ1) is 4.88. The standard InChI is InChI=1S/C5H6N4S/c10-5-3-4(7-1-6-3)8-2-9-5/h1,8H,2H2,(H,6,7)(H,9,10). The first-order valence-corrected chi connectivity index (χ1v) is 3.34. The number of hydrogen-bond donors (Lipinski definition) is 3. The highest BCUT2D eigenvalue weighted by Crippen LogP contribution is 2.11. The van der Waals surface area contributed by atoms with Crippen LogP contribution in [0, 0.1) is 0 Å². The van der Waals surface area contributed by atoms with E-state index in [-0.39, 0.29) is 0 Å². The fraction of sp³-hybridized carbons (Fsp3) is 0.200. The zero-order chi connectivity index (χ0) is 6.97. The minimum absolute atomic E-state index is 0.663.